The molecule has 0 fully saturated rings. The second-order valence-corrected chi connectivity index (χ2v) is 3.80. The summed E-state index contributed by atoms with van der Waals surface area (Å²) in [5.74, 6) is -0.360. The number of nitrogens with zero attached hydrogens (tertiary/aromatic N) is 1. The molecule has 0 aromatic carbocycles. The number of pyridine rings is 1. The van der Waals surface area contributed by atoms with Gasteiger partial charge in [-0.15, -0.1) is 11.3 Å². The number of hydrogen-bond acceptors (Lipinski definition) is 3. The van der Waals surface area contributed by atoms with Gasteiger partial charge in [0.1, 0.15) is 5.82 Å². The second-order valence-electron chi connectivity index (χ2n) is 2.68. The molecule has 2 rings (SSSR count). The Labute approximate surface area is 84.0 Å². The first-order valence-corrected chi connectivity index (χ1v) is 4.78. The van der Waals surface area contributed by atoms with Crippen molar-refractivity contribution in [2.75, 3.05) is 0 Å². The Morgan fingerprint density at radius 1 is 1.29 bits per heavy atom. The number of aldehydes is 1. The molecule has 0 aliphatic rings. The van der Waals surface area contributed by atoms with Gasteiger partial charge in [-0.3, -0.25) is 9.78 Å². The SMILES string of the molecule is O=Cc1ccc(-c2ccc(F)cn2)s1. The first-order valence-electron chi connectivity index (χ1n) is 3.96. The lowest BCUT2D eigenvalue weighted by molar-refractivity contribution is 0.112. The third-order valence-electron chi connectivity index (χ3n) is 1.72. The standard InChI is InChI=1S/C10H6FNOS/c11-7-1-3-9(12-5-7)10-4-2-8(6-13)14-10/h1-6H. The summed E-state index contributed by atoms with van der Waals surface area (Å²) in [6.07, 6.45) is 1.95. The largest absolute Gasteiger partial charge is 0.297 e. The predicted molar refractivity (Wildman–Crippen MR) is 52.9 cm³/mol. The first-order chi connectivity index (χ1) is 6.79. The molecular formula is C10H6FNOS. The topological polar surface area (TPSA) is 30.0 Å². The maximum Gasteiger partial charge on any atom is 0.160 e. The maximum absolute atomic E-state index is 12.6. The molecule has 2 aromatic rings. The highest BCUT2D eigenvalue weighted by Gasteiger charge is 2.03. The Balaban J connectivity index is 2.39. The third kappa shape index (κ3) is 1.70. The molecule has 0 spiro atoms. The number of halogens is 1. The Morgan fingerprint density at radius 3 is 2.71 bits per heavy atom. The van der Waals surface area contributed by atoms with Crippen LogP contribution in [0.1, 0.15) is 9.67 Å². The molecule has 0 unspecified atom stereocenters. The molecule has 14 heavy (non-hydrogen) atoms. The zero-order chi connectivity index (χ0) is 9.97. The summed E-state index contributed by atoms with van der Waals surface area (Å²) in [5, 5.41) is 0. The Bertz CT molecular complexity index is 449. The van der Waals surface area contributed by atoms with Crippen molar-refractivity contribution in [2.24, 2.45) is 0 Å². The van der Waals surface area contributed by atoms with Crippen LogP contribution in [0.3, 0.4) is 0 Å². The molecule has 0 saturated carbocycles. The molecule has 0 aliphatic carbocycles. The van der Waals surface area contributed by atoms with Crippen LogP contribution in [0.2, 0.25) is 0 Å². The minimum Gasteiger partial charge on any atom is -0.297 e. The van der Waals surface area contributed by atoms with Gasteiger partial charge in [0, 0.05) is 0 Å². The summed E-state index contributed by atoms with van der Waals surface area (Å²) >= 11 is 1.34. The minimum absolute atomic E-state index is 0.360. The van der Waals surface area contributed by atoms with Crippen LogP contribution in [-0.2, 0) is 0 Å². The van der Waals surface area contributed by atoms with Gasteiger partial charge in [0.05, 0.1) is 21.6 Å². The van der Waals surface area contributed by atoms with Crippen LogP contribution in [0, 0.1) is 5.82 Å². The van der Waals surface area contributed by atoms with Gasteiger partial charge < -0.3 is 0 Å². The van der Waals surface area contributed by atoms with E-state index in [1.165, 1.54) is 17.4 Å². The summed E-state index contributed by atoms with van der Waals surface area (Å²) in [5.41, 5.74) is 0.685. The smallest absolute Gasteiger partial charge is 0.160 e. The van der Waals surface area contributed by atoms with Crippen molar-refractivity contribution >= 4 is 17.6 Å². The van der Waals surface area contributed by atoms with Gasteiger partial charge in [-0.1, -0.05) is 0 Å². The van der Waals surface area contributed by atoms with E-state index in [0.29, 0.717) is 10.6 Å². The van der Waals surface area contributed by atoms with Gasteiger partial charge in [-0.2, -0.15) is 0 Å². The number of hydrogen-bond donors (Lipinski definition) is 0. The van der Waals surface area contributed by atoms with Crippen molar-refractivity contribution in [1.29, 1.82) is 0 Å². The highest BCUT2D eigenvalue weighted by molar-refractivity contribution is 7.17. The Morgan fingerprint density at radius 2 is 2.14 bits per heavy atom. The summed E-state index contributed by atoms with van der Waals surface area (Å²) < 4.78 is 12.6. The number of rotatable bonds is 2. The zero-order valence-corrected chi connectivity index (χ0v) is 7.92. The number of thiophene rings is 1. The molecule has 70 valence electrons. The van der Waals surface area contributed by atoms with Crippen LogP contribution in [-0.4, -0.2) is 11.3 Å². The van der Waals surface area contributed by atoms with E-state index in [9.17, 15) is 9.18 Å². The molecule has 0 saturated heterocycles. The van der Waals surface area contributed by atoms with Crippen LogP contribution in [0.5, 0.6) is 0 Å². The van der Waals surface area contributed by atoms with E-state index < -0.39 is 0 Å². The second kappa shape index (κ2) is 3.67. The van der Waals surface area contributed by atoms with E-state index in [4.69, 9.17) is 0 Å². The van der Waals surface area contributed by atoms with Crippen LogP contribution in [0.4, 0.5) is 4.39 Å². The molecule has 2 aromatic heterocycles. The molecule has 0 bridgehead atoms. The maximum atomic E-state index is 12.6. The molecular weight excluding hydrogens is 201 g/mol. The predicted octanol–water partition coefficient (Wildman–Crippen LogP) is 2.76. The fourth-order valence-electron chi connectivity index (χ4n) is 1.08. The quantitative estimate of drug-likeness (QED) is 0.709. The van der Waals surface area contributed by atoms with Gasteiger partial charge >= 0.3 is 0 Å². The average molecular weight is 207 g/mol. The minimum atomic E-state index is -0.360. The molecule has 4 heteroatoms. The van der Waals surface area contributed by atoms with E-state index in [2.05, 4.69) is 4.98 Å². The van der Waals surface area contributed by atoms with E-state index >= 15 is 0 Å². The van der Waals surface area contributed by atoms with Crippen molar-refractivity contribution in [2.45, 2.75) is 0 Å². The fraction of sp³-hybridized carbons (Fsp3) is 0. The first kappa shape index (κ1) is 9.02. The summed E-state index contributed by atoms with van der Waals surface area (Å²) in [4.78, 5) is 15.9. The van der Waals surface area contributed by atoms with E-state index in [1.54, 1.807) is 18.2 Å². The molecule has 0 radical (unpaired) electrons. The molecule has 2 heterocycles. The van der Waals surface area contributed by atoms with E-state index in [-0.39, 0.29) is 5.82 Å². The van der Waals surface area contributed by atoms with E-state index in [1.807, 2.05) is 0 Å². The lowest BCUT2D eigenvalue weighted by atomic mass is 10.3. The van der Waals surface area contributed by atoms with Crippen LogP contribution in [0.25, 0.3) is 10.6 Å². The average Bonchev–Trinajstić information content (AvgIpc) is 2.67. The zero-order valence-electron chi connectivity index (χ0n) is 7.11. The Kier molecular flexibility index (Phi) is 2.37. The number of aromatic nitrogens is 1. The van der Waals surface area contributed by atoms with Gasteiger partial charge in [-0.25, -0.2) is 4.39 Å². The van der Waals surface area contributed by atoms with Crippen molar-refractivity contribution in [3.05, 3.63) is 41.2 Å². The summed E-state index contributed by atoms with van der Waals surface area (Å²) in [7, 11) is 0. The molecule has 0 N–H and O–H groups in total. The van der Waals surface area contributed by atoms with Crippen molar-refractivity contribution in [1.82, 2.24) is 4.98 Å². The molecule has 2 nitrogen and oxygen atoms in total. The highest BCUT2D eigenvalue weighted by atomic mass is 32.1. The van der Waals surface area contributed by atoms with Crippen molar-refractivity contribution in [3.63, 3.8) is 0 Å². The molecule has 0 aliphatic heterocycles. The third-order valence-corrected chi connectivity index (χ3v) is 2.76. The van der Waals surface area contributed by atoms with Crippen LogP contribution < -0.4 is 0 Å². The van der Waals surface area contributed by atoms with Crippen LogP contribution >= 0.6 is 11.3 Å². The van der Waals surface area contributed by atoms with E-state index in [0.717, 1.165) is 17.4 Å². The summed E-state index contributed by atoms with van der Waals surface area (Å²) in [6, 6.07) is 6.46. The Hall–Kier alpha value is -1.55. The normalized spacial score (nSPS) is 10.1. The van der Waals surface area contributed by atoms with Crippen molar-refractivity contribution in [3.8, 4) is 10.6 Å². The lowest BCUT2D eigenvalue weighted by Gasteiger charge is -1.94. The number of carbonyl (C=O) groups is 1. The van der Waals surface area contributed by atoms with Gasteiger partial charge in [0.25, 0.3) is 0 Å². The fourth-order valence-corrected chi connectivity index (χ4v) is 1.87. The van der Waals surface area contributed by atoms with Crippen LogP contribution in [0.15, 0.2) is 30.5 Å². The van der Waals surface area contributed by atoms with Gasteiger partial charge in [0.2, 0.25) is 0 Å². The molecule has 0 amide bonds. The van der Waals surface area contributed by atoms with Gasteiger partial charge in [-0.05, 0) is 24.3 Å². The molecule has 0 atom stereocenters. The highest BCUT2D eigenvalue weighted by Crippen LogP contribution is 2.25. The van der Waals surface area contributed by atoms with Gasteiger partial charge in [0.15, 0.2) is 6.29 Å². The lowest BCUT2D eigenvalue weighted by Crippen LogP contribution is -1.80. The summed E-state index contributed by atoms with van der Waals surface area (Å²) in [6.45, 7) is 0. The monoisotopic (exact) mass is 207 g/mol. The van der Waals surface area contributed by atoms with Crippen molar-refractivity contribution < 1.29 is 9.18 Å². The number of carbonyl (C=O) groups excluding carboxylic acids is 1.